The molecular formula is C34H29ClN4O2. The molecule has 0 atom stereocenters. The van der Waals surface area contributed by atoms with E-state index in [9.17, 15) is 9.59 Å². The molecule has 1 amide bonds. The van der Waals surface area contributed by atoms with Gasteiger partial charge in [-0.3, -0.25) is 9.59 Å². The maximum Gasteiger partial charge on any atom is 0.227 e. The quantitative estimate of drug-likeness (QED) is 0.220. The summed E-state index contributed by atoms with van der Waals surface area (Å²) in [5.41, 5.74) is 5.40. The number of halogens is 1. The molecule has 1 aliphatic heterocycles. The summed E-state index contributed by atoms with van der Waals surface area (Å²) in [4.78, 5) is 38.6. The smallest absolute Gasteiger partial charge is 0.227 e. The molecule has 0 spiro atoms. The fourth-order valence-corrected chi connectivity index (χ4v) is 5.49. The van der Waals surface area contributed by atoms with Crippen LogP contribution < -0.4 is 10.2 Å². The predicted molar refractivity (Wildman–Crippen MR) is 165 cm³/mol. The largest absolute Gasteiger partial charge is 0.341 e. The van der Waals surface area contributed by atoms with E-state index in [2.05, 4.69) is 41.4 Å². The van der Waals surface area contributed by atoms with Crippen LogP contribution in [0.2, 0.25) is 5.02 Å². The minimum atomic E-state index is -0.196. The van der Waals surface area contributed by atoms with E-state index in [-0.39, 0.29) is 17.6 Å². The third-order valence-electron chi connectivity index (χ3n) is 7.56. The fraction of sp³-hybridized carbons (Fsp3) is 0.176. The van der Waals surface area contributed by atoms with Crippen LogP contribution >= 0.6 is 11.6 Å². The van der Waals surface area contributed by atoms with E-state index < -0.39 is 0 Å². The number of nitrogens with one attached hydrogen (secondary N) is 1. The van der Waals surface area contributed by atoms with Gasteiger partial charge in [0.05, 0.1) is 16.9 Å². The lowest BCUT2D eigenvalue weighted by atomic mass is 9.95. The molecule has 41 heavy (non-hydrogen) atoms. The van der Waals surface area contributed by atoms with Crippen molar-refractivity contribution in [1.82, 2.24) is 9.97 Å². The first kappa shape index (κ1) is 26.7. The number of hydrogen-bond donors (Lipinski definition) is 1. The Balaban J connectivity index is 1.19. The maximum atomic E-state index is 13.3. The van der Waals surface area contributed by atoms with Crippen LogP contribution in [0.15, 0.2) is 97.1 Å². The van der Waals surface area contributed by atoms with Gasteiger partial charge >= 0.3 is 0 Å². The molecule has 0 radical (unpaired) electrons. The van der Waals surface area contributed by atoms with Crippen molar-refractivity contribution in [2.75, 3.05) is 23.3 Å². The fourth-order valence-electron chi connectivity index (χ4n) is 5.32. The standard InChI is InChI=1S/C34H29ClN4O2/c1-22-12-14-29-27(20-22)31(23-8-4-2-5-9-23)38-34(37-29)39-18-16-25(17-19-39)33(41)36-30-15-13-26(35)21-28(30)32(40)24-10-6-3-7-11-24/h2-15,20-21,25H,16-19H2,1H3,(H,36,41). The molecule has 4 aromatic carbocycles. The van der Waals surface area contributed by atoms with Crippen LogP contribution in [0.3, 0.4) is 0 Å². The minimum Gasteiger partial charge on any atom is -0.341 e. The van der Waals surface area contributed by atoms with Crippen molar-refractivity contribution < 1.29 is 9.59 Å². The molecule has 7 heteroatoms. The molecule has 1 N–H and O–H groups in total. The Hall–Kier alpha value is -4.55. The van der Waals surface area contributed by atoms with Gasteiger partial charge in [-0.2, -0.15) is 0 Å². The number of rotatable bonds is 6. The zero-order chi connectivity index (χ0) is 28.3. The predicted octanol–water partition coefficient (Wildman–Crippen LogP) is 7.34. The Labute approximate surface area is 244 Å². The normalized spacial score (nSPS) is 13.8. The van der Waals surface area contributed by atoms with Crippen molar-refractivity contribution in [2.24, 2.45) is 5.92 Å². The van der Waals surface area contributed by atoms with Gasteiger partial charge in [-0.1, -0.05) is 83.9 Å². The minimum absolute atomic E-state index is 0.103. The summed E-state index contributed by atoms with van der Waals surface area (Å²) in [7, 11) is 0. The summed E-state index contributed by atoms with van der Waals surface area (Å²) in [6.45, 7) is 3.38. The van der Waals surface area contributed by atoms with E-state index in [0.717, 1.165) is 27.7 Å². The van der Waals surface area contributed by atoms with E-state index in [1.807, 2.05) is 42.5 Å². The van der Waals surface area contributed by atoms with Crippen molar-refractivity contribution in [2.45, 2.75) is 19.8 Å². The lowest BCUT2D eigenvalue weighted by Crippen LogP contribution is -2.39. The van der Waals surface area contributed by atoms with Crippen molar-refractivity contribution in [3.8, 4) is 11.3 Å². The monoisotopic (exact) mass is 560 g/mol. The van der Waals surface area contributed by atoms with Crippen molar-refractivity contribution in [3.05, 3.63) is 119 Å². The number of piperidine rings is 1. The summed E-state index contributed by atoms with van der Waals surface area (Å²) in [6, 6.07) is 30.4. The van der Waals surface area contributed by atoms with Gasteiger partial charge in [0, 0.05) is 46.1 Å². The second-order valence-corrected chi connectivity index (χ2v) is 10.8. The van der Waals surface area contributed by atoms with E-state index >= 15 is 0 Å². The second-order valence-electron chi connectivity index (χ2n) is 10.4. The SMILES string of the molecule is Cc1ccc2nc(N3CCC(C(=O)Nc4ccc(Cl)cc4C(=O)c4ccccc4)CC3)nc(-c3ccccc3)c2c1. The van der Waals surface area contributed by atoms with E-state index in [1.54, 1.807) is 30.3 Å². The number of aromatic nitrogens is 2. The number of anilines is 2. The lowest BCUT2D eigenvalue weighted by Gasteiger charge is -2.32. The summed E-state index contributed by atoms with van der Waals surface area (Å²) in [6.07, 6.45) is 1.30. The Morgan fingerprint density at radius 2 is 1.56 bits per heavy atom. The van der Waals surface area contributed by atoms with Gasteiger partial charge in [-0.05, 0) is 50.1 Å². The van der Waals surface area contributed by atoms with Gasteiger partial charge in [-0.25, -0.2) is 9.97 Å². The van der Waals surface area contributed by atoms with Crippen LogP contribution in [0.1, 0.15) is 34.3 Å². The van der Waals surface area contributed by atoms with Gasteiger partial charge in [0.2, 0.25) is 11.9 Å². The van der Waals surface area contributed by atoms with Crippen LogP contribution in [-0.4, -0.2) is 34.7 Å². The van der Waals surface area contributed by atoms with Crippen molar-refractivity contribution in [1.29, 1.82) is 0 Å². The first-order chi connectivity index (χ1) is 20.0. The topological polar surface area (TPSA) is 75.2 Å². The average molecular weight is 561 g/mol. The highest BCUT2D eigenvalue weighted by molar-refractivity contribution is 6.31. The number of amides is 1. The molecule has 6 nitrogen and oxygen atoms in total. The molecule has 6 rings (SSSR count). The van der Waals surface area contributed by atoms with E-state index in [1.165, 1.54) is 0 Å². The first-order valence-corrected chi connectivity index (χ1v) is 14.1. The number of hydrogen-bond acceptors (Lipinski definition) is 5. The number of ketones is 1. The Morgan fingerprint density at radius 3 is 2.29 bits per heavy atom. The molecule has 1 aliphatic rings. The van der Waals surface area contributed by atoms with Gasteiger partial charge < -0.3 is 10.2 Å². The second kappa shape index (κ2) is 11.5. The van der Waals surface area contributed by atoms with Crippen molar-refractivity contribution >= 4 is 45.8 Å². The highest BCUT2D eigenvalue weighted by atomic mass is 35.5. The molecule has 1 fully saturated rings. The summed E-state index contributed by atoms with van der Waals surface area (Å²) < 4.78 is 0. The third kappa shape index (κ3) is 5.70. The van der Waals surface area contributed by atoms with Gasteiger partial charge in [0.15, 0.2) is 5.78 Å². The highest BCUT2D eigenvalue weighted by Crippen LogP contribution is 2.31. The Morgan fingerprint density at radius 1 is 0.854 bits per heavy atom. The summed E-state index contributed by atoms with van der Waals surface area (Å²) in [5.74, 6) is 0.191. The molecule has 5 aromatic rings. The molecule has 1 saturated heterocycles. The number of aryl methyl sites for hydroxylation is 1. The molecule has 0 aliphatic carbocycles. The van der Waals surface area contributed by atoms with E-state index in [0.29, 0.717) is 53.7 Å². The lowest BCUT2D eigenvalue weighted by molar-refractivity contribution is -0.120. The van der Waals surface area contributed by atoms with Crippen LogP contribution in [-0.2, 0) is 4.79 Å². The van der Waals surface area contributed by atoms with Crippen LogP contribution in [0.25, 0.3) is 22.2 Å². The number of fused-ring (bicyclic) bond motifs is 1. The molecule has 0 saturated carbocycles. The van der Waals surface area contributed by atoms with Gasteiger partial charge in [0.1, 0.15) is 0 Å². The molecule has 2 heterocycles. The number of carbonyl (C=O) groups excluding carboxylic acids is 2. The molecule has 204 valence electrons. The average Bonchev–Trinajstić information content (AvgIpc) is 3.02. The van der Waals surface area contributed by atoms with Crippen LogP contribution in [0.5, 0.6) is 0 Å². The summed E-state index contributed by atoms with van der Waals surface area (Å²) in [5, 5.41) is 4.47. The van der Waals surface area contributed by atoms with Gasteiger partial charge in [0.25, 0.3) is 0 Å². The van der Waals surface area contributed by atoms with Crippen LogP contribution in [0, 0.1) is 12.8 Å². The van der Waals surface area contributed by atoms with E-state index in [4.69, 9.17) is 21.6 Å². The number of nitrogens with zero attached hydrogens (tertiary/aromatic N) is 3. The molecule has 0 bridgehead atoms. The Kier molecular flexibility index (Phi) is 7.49. The zero-order valence-electron chi connectivity index (χ0n) is 22.7. The van der Waals surface area contributed by atoms with Crippen molar-refractivity contribution in [3.63, 3.8) is 0 Å². The number of carbonyl (C=O) groups is 2. The van der Waals surface area contributed by atoms with Crippen LogP contribution in [0.4, 0.5) is 11.6 Å². The third-order valence-corrected chi connectivity index (χ3v) is 7.79. The summed E-state index contributed by atoms with van der Waals surface area (Å²) >= 11 is 6.22. The zero-order valence-corrected chi connectivity index (χ0v) is 23.4. The number of benzene rings is 4. The first-order valence-electron chi connectivity index (χ1n) is 13.8. The Bertz CT molecular complexity index is 1730. The molecular weight excluding hydrogens is 532 g/mol. The molecule has 0 unspecified atom stereocenters. The molecule has 1 aromatic heterocycles. The van der Waals surface area contributed by atoms with Gasteiger partial charge in [-0.15, -0.1) is 0 Å². The highest BCUT2D eigenvalue weighted by Gasteiger charge is 2.28. The maximum absolute atomic E-state index is 13.3.